The number of ketones is 1. The highest BCUT2D eigenvalue weighted by molar-refractivity contribution is 7.14. The van der Waals surface area contributed by atoms with Crippen molar-refractivity contribution >= 4 is 34.7 Å². The number of carbonyl (C=O) groups is 2. The van der Waals surface area contributed by atoms with Gasteiger partial charge in [0.2, 0.25) is 11.5 Å². The molecule has 1 aliphatic heterocycles. The first-order valence-electron chi connectivity index (χ1n) is 4.75. The SMILES string of the molecule is COC(=O)C1=CC(=O)C(C)(c2csc(Cl)c2)O1. The number of methoxy groups -OCH3 is 1. The number of hydrogen-bond donors (Lipinski definition) is 0. The maximum Gasteiger partial charge on any atom is 0.373 e. The van der Waals surface area contributed by atoms with Gasteiger partial charge in [-0.2, -0.15) is 0 Å². The summed E-state index contributed by atoms with van der Waals surface area (Å²) in [4.78, 5) is 23.2. The molecule has 1 atom stereocenters. The topological polar surface area (TPSA) is 52.6 Å². The van der Waals surface area contributed by atoms with Crippen LogP contribution in [0, 0.1) is 0 Å². The lowest BCUT2D eigenvalue weighted by atomic mass is 9.95. The second-order valence-corrected chi connectivity index (χ2v) is 5.18. The molecule has 1 aromatic heterocycles. The molecule has 0 bridgehead atoms. The van der Waals surface area contributed by atoms with Gasteiger partial charge in [-0.25, -0.2) is 4.79 Å². The van der Waals surface area contributed by atoms with Crippen molar-refractivity contribution < 1.29 is 19.1 Å². The number of hydrogen-bond acceptors (Lipinski definition) is 5. The summed E-state index contributed by atoms with van der Waals surface area (Å²) in [5.74, 6) is -1.04. The van der Waals surface area contributed by atoms with E-state index in [4.69, 9.17) is 16.3 Å². The van der Waals surface area contributed by atoms with E-state index in [1.807, 2.05) is 0 Å². The van der Waals surface area contributed by atoms with Crippen molar-refractivity contribution in [2.75, 3.05) is 7.11 Å². The minimum absolute atomic E-state index is 0.0812. The summed E-state index contributed by atoms with van der Waals surface area (Å²) >= 11 is 7.12. The molecule has 0 N–H and O–H groups in total. The first kappa shape index (κ1) is 12.1. The molecule has 0 spiro atoms. The van der Waals surface area contributed by atoms with Crippen molar-refractivity contribution in [3.63, 3.8) is 0 Å². The van der Waals surface area contributed by atoms with Gasteiger partial charge >= 0.3 is 5.97 Å². The van der Waals surface area contributed by atoms with E-state index in [0.717, 1.165) is 6.08 Å². The van der Waals surface area contributed by atoms with Crippen LogP contribution < -0.4 is 0 Å². The third kappa shape index (κ3) is 1.96. The van der Waals surface area contributed by atoms with Crippen molar-refractivity contribution in [3.8, 4) is 0 Å². The average molecular weight is 273 g/mol. The molecule has 0 fully saturated rings. The molecule has 0 radical (unpaired) electrons. The highest BCUT2D eigenvalue weighted by Crippen LogP contribution is 2.38. The van der Waals surface area contributed by atoms with E-state index in [2.05, 4.69) is 4.74 Å². The number of rotatable bonds is 2. The van der Waals surface area contributed by atoms with E-state index >= 15 is 0 Å². The lowest BCUT2D eigenvalue weighted by molar-refractivity contribution is -0.144. The summed E-state index contributed by atoms with van der Waals surface area (Å²) < 4.78 is 10.5. The Labute approximate surface area is 107 Å². The van der Waals surface area contributed by atoms with Crippen molar-refractivity contribution in [2.24, 2.45) is 0 Å². The number of esters is 1. The Bertz CT molecular complexity index is 519. The van der Waals surface area contributed by atoms with Gasteiger partial charge in [-0.3, -0.25) is 4.79 Å². The maximum absolute atomic E-state index is 11.9. The van der Waals surface area contributed by atoms with E-state index in [1.165, 1.54) is 18.4 Å². The summed E-state index contributed by atoms with van der Waals surface area (Å²) in [6.45, 7) is 1.60. The van der Waals surface area contributed by atoms with Crippen LogP contribution >= 0.6 is 22.9 Å². The molecule has 1 aliphatic rings. The van der Waals surface area contributed by atoms with Crippen molar-refractivity contribution in [1.82, 2.24) is 0 Å². The molecule has 2 heterocycles. The van der Waals surface area contributed by atoms with Gasteiger partial charge < -0.3 is 9.47 Å². The first-order valence-corrected chi connectivity index (χ1v) is 6.01. The summed E-state index contributed by atoms with van der Waals surface area (Å²) in [7, 11) is 1.23. The highest BCUT2D eigenvalue weighted by Gasteiger charge is 2.44. The van der Waals surface area contributed by atoms with Gasteiger partial charge in [-0.15, -0.1) is 11.3 Å². The maximum atomic E-state index is 11.9. The fraction of sp³-hybridized carbons (Fsp3) is 0.273. The minimum Gasteiger partial charge on any atom is -0.467 e. The molecule has 0 aliphatic carbocycles. The number of ether oxygens (including phenoxy) is 2. The number of carbonyl (C=O) groups excluding carboxylic acids is 2. The van der Waals surface area contributed by atoms with E-state index in [9.17, 15) is 9.59 Å². The van der Waals surface area contributed by atoms with Gasteiger partial charge in [0.25, 0.3) is 0 Å². The molecule has 0 saturated carbocycles. The fourth-order valence-corrected chi connectivity index (χ4v) is 2.50. The smallest absolute Gasteiger partial charge is 0.373 e. The van der Waals surface area contributed by atoms with Crippen LogP contribution in [-0.2, 0) is 24.7 Å². The molecule has 4 nitrogen and oxygen atoms in total. The van der Waals surface area contributed by atoms with Crippen LogP contribution in [-0.4, -0.2) is 18.9 Å². The van der Waals surface area contributed by atoms with Gasteiger partial charge in [-0.1, -0.05) is 11.6 Å². The summed E-state index contributed by atoms with van der Waals surface area (Å²) in [6, 6.07) is 1.65. The molecule has 0 aromatic carbocycles. The zero-order valence-electron chi connectivity index (χ0n) is 9.15. The van der Waals surface area contributed by atoms with E-state index in [-0.39, 0.29) is 11.5 Å². The van der Waals surface area contributed by atoms with E-state index < -0.39 is 11.6 Å². The van der Waals surface area contributed by atoms with Crippen LogP contribution in [0.1, 0.15) is 12.5 Å². The molecule has 0 saturated heterocycles. The Morgan fingerprint density at radius 2 is 2.29 bits per heavy atom. The van der Waals surface area contributed by atoms with Gasteiger partial charge in [0.1, 0.15) is 0 Å². The molecule has 17 heavy (non-hydrogen) atoms. The molecule has 1 unspecified atom stereocenters. The zero-order chi connectivity index (χ0) is 12.6. The molecule has 0 amide bonds. The van der Waals surface area contributed by atoms with Crippen LogP contribution in [0.25, 0.3) is 0 Å². The number of thiophene rings is 1. The third-order valence-corrected chi connectivity index (χ3v) is 3.64. The minimum atomic E-state index is -1.19. The zero-order valence-corrected chi connectivity index (χ0v) is 10.7. The van der Waals surface area contributed by atoms with Gasteiger partial charge in [0.15, 0.2) is 5.60 Å². The predicted octanol–water partition coefficient (Wildman–Crippen LogP) is 2.27. The largest absolute Gasteiger partial charge is 0.467 e. The Morgan fingerprint density at radius 1 is 1.59 bits per heavy atom. The second-order valence-electron chi connectivity index (χ2n) is 3.64. The molecule has 90 valence electrons. The van der Waals surface area contributed by atoms with Gasteiger partial charge in [0, 0.05) is 11.6 Å². The Balaban J connectivity index is 2.32. The Morgan fingerprint density at radius 3 is 2.82 bits per heavy atom. The summed E-state index contributed by atoms with van der Waals surface area (Å²) in [6.07, 6.45) is 1.15. The lowest BCUT2D eigenvalue weighted by Crippen LogP contribution is -2.29. The summed E-state index contributed by atoms with van der Waals surface area (Å²) in [5, 5.41) is 1.73. The van der Waals surface area contributed by atoms with Crippen LogP contribution in [0.15, 0.2) is 23.3 Å². The van der Waals surface area contributed by atoms with E-state index in [0.29, 0.717) is 9.90 Å². The standard InChI is InChI=1S/C11H9ClO4S/c1-11(6-3-9(12)17-5-6)8(13)4-7(16-11)10(14)15-2/h3-5H,1-2H3. The second kappa shape index (κ2) is 4.16. The van der Waals surface area contributed by atoms with Crippen molar-refractivity contribution in [1.29, 1.82) is 0 Å². The lowest BCUT2D eigenvalue weighted by Gasteiger charge is -2.22. The molecule has 6 heteroatoms. The monoisotopic (exact) mass is 272 g/mol. The van der Waals surface area contributed by atoms with Crippen LogP contribution in [0.3, 0.4) is 0 Å². The molecular weight excluding hydrogens is 264 g/mol. The van der Waals surface area contributed by atoms with Gasteiger partial charge in [-0.05, 0) is 18.4 Å². The van der Waals surface area contributed by atoms with Crippen molar-refractivity contribution in [3.05, 3.63) is 33.2 Å². The van der Waals surface area contributed by atoms with Crippen LogP contribution in [0.2, 0.25) is 4.34 Å². The van der Waals surface area contributed by atoms with Gasteiger partial charge in [0.05, 0.1) is 11.4 Å². The fourth-order valence-electron chi connectivity index (χ4n) is 1.52. The van der Waals surface area contributed by atoms with Crippen LogP contribution in [0.5, 0.6) is 0 Å². The Hall–Kier alpha value is -1.33. The first-order chi connectivity index (χ1) is 7.97. The molecular formula is C11H9ClO4S. The molecule has 1 aromatic rings. The third-order valence-electron chi connectivity index (χ3n) is 2.55. The Kier molecular flexibility index (Phi) is 2.97. The predicted molar refractivity (Wildman–Crippen MR) is 62.9 cm³/mol. The normalized spacial score (nSPS) is 23.2. The highest BCUT2D eigenvalue weighted by atomic mass is 35.5. The molecule has 2 rings (SSSR count). The summed E-state index contributed by atoms with van der Waals surface area (Å²) in [5.41, 5.74) is -0.555. The number of halogens is 1. The van der Waals surface area contributed by atoms with Crippen molar-refractivity contribution in [2.45, 2.75) is 12.5 Å². The quantitative estimate of drug-likeness (QED) is 0.775. The van der Waals surface area contributed by atoms with E-state index in [1.54, 1.807) is 18.4 Å². The van der Waals surface area contributed by atoms with Crippen LogP contribution in [0.4, 0.5) is 0 Å². The average Bonchev–Trinajstić information content (AvgIpc) is 2.84.